The standard InChI is InChI=1S/C12H14Cl3NO/c1-6(16-17-2)8-5-9(8)12-10(14)3-7(13)4-11(12)15/h3-4,6,8-9,16H,5H2,1-2H3. The number of hydrogen-bond acceptors (Lipinski definition) is 2. The summed E-state index contributed by atoms with van der Waals surface area (Å²) in [5.41, 5.74) is 3.95. The zero-order valence-electron chi connectivity index (χ0n) is 9.64. The second-order valence-corrected chi connectivity index (χ2v) is 5.65. The van der Waals surface area contributed by atoms with E-state index < -0.39 is 0 Å². The van der Waals surface area contributed by atoms with Gasteiger partial charge in [0, 0.05) is 21.1 Å². The first kappa shape index (κ1) is 13.4. The molecule has 2 rings (SSSR count). The van der Waals surface area contributed by atoms with Crippen LogP contribution >= 0.6 is 34.8 Å². The van der Waals surface area contributed by atoms with Gasteiger partial charge < -0.3 is 4.84 Å². The maximum atomic E-state index is 6.20. The SMILES string of the molecule is CONC(C)C1CC1c1c(Cl)cc(Cl)cc1Cl. The third kappa shape index (κ3) is 2.88. The van der Waals surface area contributed by atoms with Crippen molar-refractivity contribution in [2.24, 2.45) is 5.92 Å². The van der Waals surface area contributed by atoms with E-state index in [4.69, 9.17) is 39.6 Å². The minimum Gasteiger partial charge on any atom is -0.305 e. The fraction of sp³-hybridized carbons (Fsp3) is 0.500. The lowest BCUT2D eigenvalue weighted by atomic mass is 10.1. The zero-order chi connectivity index (χ0) is 12.6. The molecule has 0 spiro atoms. The smallest absolute Gasteiger partial charge is 0.0572 e. The Morgan fingerprint density at radius 1 is 1.29 bits per heavy atom. The van der Waals surface area contributed by atoms with Crippen LogP contribution in [0.2, 0.25) is 15.1 Å². The predicted molar refractivity (Wildman–Crippen MR) is 71.9 cm³/mol. The van der Waals surface area contributed by atoms with E-state index in [1.165, 1.54) is 0 Å². The second kappa shape index (κ2) is 5.33. The minimum absolute atomic E-state index is 0.285. The first-order valence-electron chi connectivity index (χ1n) is 5.47. The molecule has 1 aromatic carbocycles. The molecule has 17 heavy (non-hydrogen) atoms. The number of benzene rings is 1. The van der Waals surface area contributed by atoms with Gasteiger partial charge in [-0.3, -0.25) is 0 Å². The van der Waals surface area contributed by atoms with Gasteiger partial charge in [-0.05, 0) is 42.9 Å². The molecule has 3 atom stereocenters. The molecule has 1 aromatic rings. The third-order valence-corrected chi connectivity index (χ3v) is 4.04. The summed E-state index contributed by atoms with van der Waals surface area (Å²) in [6.07, 6.45) is 1.07. The summed E-state index contributed by atoms with van der Waals surface area (Å²) in [5, 5.41) is 1.88. The van der Waals surface area contributed by atoms with E-state index in [0.29, 0.717) is 26.9 Å². The van der Waals surface area contributed by atoms with Crippen LogP contribution in [0.4, 0.5) is 0 Å². The quantitative estimate of drug-likeness (QED) is 0.836. The molecule has 2 nitrogen and oxygen atoms in total. The maximum absolute atomic E-state index is 6.20. The predicted octanol–water partition coefficient (Wildman–Crippen LogP) is 4.29. The molecule has 1 saturated carbocycles. The lowest BCUT2D eigenvalue weighted by Gasteiger charge is -2.12. The van der Waals surface area contributed by atoms with E-state index in [-0.39, 0.29) is 6.04 Å². The lowest BCUT2D eigenvalue weighted by molar-refractivity contribution is 0.0591. The van der Waals surface area contributed by atoms with Gasteiger partial charge >= 0.3 is 0 Å². The van der Waals surface area contributed by atoms with Crippen LogP contribution in [0.25, 0.3) is 0 Å². The largest absolute Gasteiger partial charge is 0.305 e. The summed E-state index contributed by atoms with van der Waals surface area (Å²) in [4.78, 5) is 4.93. The highest BCUT2D eigenvalue weighted by Gasteiger charge is 2.44. The van der Waals surface area contributed by atoms with E-state index in [2.05, 4.69) is 12.4 Å². The van der Waals surface area contributed by atoms with Gasteiger partial charge in [0.25, 0.3) is 0 Å². The first-order valence-corrected chi connectivity index (χ1v) is 6.61. The van der Waals surface area contributed by atoms with Crippen molar-refractivity contribution >= 4 is 34.8 Å². The molecule has 0 aromatic heterocycles. The fourth-order valence-corrected chi connectivity index (χ4v) is 3.38. The summed E-state index contributed by atoms with van der Waals surface area (Å²) in [7, 11) is 1.62. The number of nitrogens with one attached hydrogen (secondary N) is 1. The normalized spacial score (nSPS) is 24.8. The van der Waals surface area contributed by atoms with Crippen molar-refractivity contribution in [2.75, 3.05) is 7.11 Å². The van der Waals surface area contributed by atoms with Gasteiger partial charge in [0.1, 0.15) is 0 Å². The Hall–Kier alpha value is 0.01000. The van der Waals surface area contributed by atoms with Gasteiger partial charge in [-0.25, -0.2) is 0 Å². The second-order valence-electron chi connectivity index (χ2n) is 4.40. The minimum atomic E-state index is 0.285. The Morgan fingerprint density at radius 3 is 2.41 bits per heavy atom. The molecule has 1 aliphatic carbocycles. The van der Waals surface area contributed by atoms with Gasteiger partial charge in [0.05, 0.1) is 7.11 Å². The van der Waals surface area contributed by atoms with Crippen LogP contribution < -0.4 is 5.48 Å². The molecule has 0 bridgehead atoms. The molecule has 0 heterocycles. The van der Waals surface area contributed by atoms with Crippen molar-refractivity contribution in [1.82, 2.24) is 5.48 Å². The topological polar surface area (TPSA) is 21.3 Å². The van der Waals surface area contributed by atoms with Crippen molar-refractivity contribution in [1.29, 1.82) is 0 Å². The average molecular weight is 295 g/mol. The molecule has 0 aliphatic heterocycles. The Bertz CT molecular complexity index is 401. The zero-order valence-corrected chi connectivity index (χ0v) is 11.9. The molecule has 1 aliphatic rings. The molecular weight excluding hydrogens is 280 g/mol. The Labute approximate surface area is 116 Å². The van der Waals surface area contributed by atoms with E-state index in [1.807, 2.05) is 0 Å². The van der Waals surface area contributed by atoms with Gasteiger partial charge in [0.2, 0.25) is 0 Å². The third-order valence-electron chi connectivity index (χ3n) is 3.20. The van der Waals surface area contributed by atoms with Crippen molar-refractivity contribution in [3.63, 3.8) is 0 Å². The number of hydrogen-bond donors (Lipinski definition) is 1. The molecule has 94 valence electrons. The van der Waals surface area contributed by atoms with Crippen molar-refractivity contribution < 1.29 is 4.84 Å². The molecule has 0 radical (unpaired) electrons. The lowest BCUT2D eigenvalue weighted by Crippen LogP contribution is -2.27. The molecule has 0 saturated heterocycles. The first-order chi connectivity index (χ1) is 8.04. The van der Waals surface area contributed by atoms with Crippen LogP contribution in [0.5, 0.6) is 0 Å². The van der Waals surface area contributed by atoms with Crippen molar-refractivity contribution in [3.05, 3.63) is 32.8 Å². The monoisotopic (exact) mass is 293 g/mol. The number of halogens is 3. The molecule has 0 amide bonds. The van der Waals surface area contributed by atoms with Crippen LogP contribution in [-0.4, -0.2) is 13.2 Å². The van der Waals surface area contributed by atoms with Crippen molar-refractivity contribution in [3.8, 4) is 0 Å². The number of hydroxylamine groups is 1. The van der Waals surface area contributed by atoms with Gasteiger partial charge in [0.15, 0.2) is 0 Å². The fourth-order valence-electron chi connectivity index (χ4n) is 2.28. The maximum Gasteiger partial charge on any atom is 0.0572 e. The Kier molecular flexibility index (Phi) is 4.22. The molecule has 1 fully saturated rings. The van der Waals surface area contributed by atoms with E-state index in [1.54, 1.807) is 19.2 Å². The van der Waals surface area contributed by atoms with E-state index >= 15 is 0 Å². The highest BCUT2D eigenvalue weighted by Crippen LogP contribution is 2.53. The van der Waals surface area contributed by atoms with Gasteiger partial charge in [-0.15, -0.1) is 0 Å². The molecular formula is C12H14Cl3NO. The van der Waals surface area contributed by atoms with Gasteiger partial charge in [-0.2, -0.15) is 5.48 Å². The molecule has 5 heteroatoms. The Morgan fingerprint density at radius 2 is 1.88 bits per heavy atom. The van der Waals surface area contributed by atoms with E-state index in [0.717, 1.165) is 12.0 Å². The molecule has 3 unspecified atom stereocenters. The summed E-state index contributed by atoms with van der Waals surface area (Å²) in [5.74, 6) is 0.899. The van der Waals surface area contributed by atoms with E-state index in [9.17, 15) is 0 Å². The summed E-state index contributed by atoms with van der Waals surface area (Å²) in [6.45, 7) is 2.09. The summed E-state index contributed by atoms with van der Waals surface area (Å²) < 4.78 is 0. The highest BCUT2D eigenvalue weighted by atomic mass is 35.5. The van der Waals surface area contributed by atoms with Crippen molar-refractivity contribution in [2.45, 2.75) is 25.3 Å². The highest BCUT2D eigenvalue weighted by molar-refractivity contribution is 6.39. The summed E-state index contributed by atoms with van der Waals surface area (Å²) in [6, 6.07) is 3.77. The molecule has 1 N–H and O–H groups in total. The van der Waals surface area contributed by atoms with Crippen LogP contribution in [0.15, 0.2) is 12.1 Å². The van der Waals surface area contributed by atoms with Crippen LogP contribution in [0.1, 0.15) is 24.8 Å². The van der Waals surface area contributed by atoms with Crippen LogP contribution in [-0.2, 0) is 4.84 Å². The Balaban J connectivity index is 2.16. The van der Waals surface area contributed by atoms with Gasteiger partial charge in [-0.1, -0.05) is 34.8 Å². The number of rotatable bonds is 4. The average Bonchev–Trinajstić information content (AvgIpc) is 2.96. The summed E-state index contributed by atoms with van der Waals surface area (Å²) >= 11 is 18.3. The van der Waals surface area contributed by atoms with Crippen LogP contribution in [0, 0.1) is 5.92 Å². The van der Waals surface area contributed by atoms with Crippen LogP contribution in [0.3, 0.4) is 0 Å².